The van der Waals surface area contributed by atoms with Crippen molar-refractivity contribution in [2.75, 3.05) is 0 Å². The van der Waals surface area contributed by atoms with E-state index in [1.807, 2.05) is 13.2 Å². The number of halogens is 2. The van der Waals surface area contributed by atoms with E-state index in [1.165, 1.54) is 6.07 Å². The molecule has 1 heterocycles. The molecule has 4 nitrogen and oxygen atoms in total. The predicted molar refractivity (Wildman–Crippen MR) is 73.0 cm³/mol. The summed E-state index contributed by atoms with van der Waals surface area (Å²) < 4.78 is 15.7. The summed E-state index contributed by atoms with van der Waals surface area (Å²) in [6.45, 7) is 0. The summed E-state index contributed by atoms with van der Waals surface area (Å²) in [5, 5.41) is 4.20. The Labute approximate surface area is 116 Å². The Morgan fingerprint density at radius 1 is 1.53 bits per heavy atom. The second-order valence-electron chi connectivity index (χ2n) is 4.42. The molecular formula is C13H16ClFN4. The Morgan fingerprint density at radius 2 is 2.32 bits per heavy atom. The SMILES string of the molecule is Cn1cc(CCC(NN)c2cccc(Cl)c2F)cn1. The number of aromatic nitrogens is 2. The Morgan fingerprint density at radius 3 is 2.95 bits per heavy atom. The first-order chi connectivity index (χ1) is 9.11. The summed E-state index contributed by atoms with van der Waals surface area (Å²) in [6, 6.07) is 4.65. The number of hydrogen-bond donors (Lipinski definition) is 2. The third-order valence-corrected chi connectivity index (χ3v) is 3.33. The zero-order valence-electron chi connectivity index (χ0n) is 10.6. The monoisotopic (exact) mass is 282 g/mol. The number of nitrogens with two attached hydrogens (primary N) is 1. The van der Waals surface area contributed by atoms with Crippen LogP contribution in [0.4, 0.5) is 4.39 Å². The van der Waals surface area contributed by atoms with Crippen LogP contribution in [0.1, 0.15) is 23.6 Å². The van der Waals surface area contributed by atoms with Gasteiger partial charge < -0.3 is 0 Å². The van der Waals surface area contributed by atoms with E-state index in [-0.39, 0.29) is 11.1 Å². The fourth-order valence-electron chi connectivity index (χ4n) is 2.03. The molecule has 0 amide bonds. The topological polar surface area (TPSA) is 55.9 Å². The van der Waals surface area contributed by atoms with Crippen molar-refractivity contribution in [1.82, 2.24) is 15.2 Å². The molecule has 0 saturated heterocycles. The first-order valence-electron chi connectivity index (χ1n) is 5.99. The van der Waals surface area contributed by atoms with E-state index in [0.717, 1.165) is 12.0 Å². The third-order valence-electron chi connectivity index (χ3n) is 3.04. The van der Waals surface area contributed by atoms with Gasteiger partial charge in [0.2, 0.25) is 0 Å². The number of hydrazine groups is 1. The molecule has 0 bridgehead atoms. The fraction of sp³-hybridized carbons (Fsp3) is 0.308. The Kier molecular flexibility index (Phi) is 4.52. The smallest absolute Gasteiger partial charge is 0.146 e. The quantitative estimate of drug-likeness (QED) is 0.654. The Bertz CT molecular complexity index is 555. The van der Waals surface area contributed by atoms with E-state index >= 15 is 0 Å². The number of nitrogens with zero attached hydrogens (tertiary/aromatic N) is 2. The molecule has 0 radical (unpaired) electrons. The minimum absolute atomic E-state index is 0.110. The van der Waals surface area contributed by atoms with Crippen LogP contribution in [0.3, 0.4) is 0 Å². The zero-order valence-corrected chi connectivity index (χ0v) is 11.4. The van der Waals surface area contributed by atoms with Crippen molar-refractivity contribution in [1.29, 1.82) is 0 Å². The van der Waals surface area contributed by atoms with Crippen molar-refractivity contribution >= 4 is 11.6 Å². The molecule has 1 atom stereocenters. The molecule has 0 aliphatic carbocycles. The molecular weight excluding hydrogens is 267 g/mol. The largest absolute Gasteiger partial charge is 0.276 e. The highest BCUT2D eigenvalue weighted by molar-refractivity contribution is 6.30. The van der Waals surface area contributed by atoms with Crippen LogP contribution in [0.25, 0.3) is 0 Å². The van der Waals surface area contributed by atoms with E-state index in [0.29, 0.717) is 12.0 Å². The predicted octanol–water partition coefficient (Wildman–Crippen LogP) is 2.35. The average Bonchev–Trinajstić information content (AvgIpc) is 2.81. The molecule has 3 N–H and O–H groups in total. The number of rotatable bonds is 5. The van der Waals surface area contributed by atoms with Crippen molar-refractivity contribution in [3.05, 3.63) is 52.6 Å². The van der Waals surface area contributed by atoms with Crippen molar-refractivity contribution < 1.29 is 4.39 Å². The summed E-state index contributed by atoms with van der Waals surface area (Å²) in [5.74, 6) is 5.09. The molecule has 1 aromatic heterocycles. The minimum Gasteiger partial charge on any atom is -0.276 e. The van der Waals surface area contributed by atoms with Crippen LogP contribution >= 0.6 is 11.6 Å². The van der Waals surface area contributed by atoms with E-state index in [2.05, 4.69) is 10.5 Å². The lowest BCUT2D eigenvalue weighted by atomic mass is 10.0. The normalized spacial score (nSPS) is 12.6. The lowest BCUT2D eigenvalue weighted by Gasteiger charge is -2.17. The molecule has 0 aliphatic rings. The molecule has 0 spiro atoms. The first kappa shape index (κ1) is 14.0. The van der Waals surface area contributed by atoms with Crippen LogP contribution in [-0.4, -0.2) is 9.78 Å². The third kappa shape index (κ3) is 3.32. The molecule has 0 saturated carbocycles. The highest BCUT2D eigenvalue weighted by Crippen LogP contribution is 2.25. The van der Waals surface area contributed by atoms with Gasteiger partial charge in [0.05, 0.1) is 11.2 Å². The number of benzene rings is 1. The summed E-state index contributed by atoms with van der Waals surface area (Å²) in [5.41, 5.74) is 4.21. The highest BCUT2D eigenvalue weighted by Gasteiger charge is 2.16. The molecule has 1 unspecified atom stereocenters. The van der Waals surface area contributed by atoms with Gasteiger partial charge in [0.1, 0.15) is 5.82 Å². The molecule has 0 aliphatic heterocycles. The van der Waals surface area contributed by atoms with Crippen LogP contribution in [0.5, 0.6) is 0 Å². The van der Waals surface area contributed by atoms with Crippen LogP contribution in [0.2, 0.25) is 5.02 Å². The summed E-state index contributed by atoms with van der Waals surface area (Å²) in [6.07, 6.45) is 5.15. The van der Waals surface area contributed by atoms with Gasteiger partial charge in [-0.15, -0.1) is 0 Å². The second kappa shape index (κ2) is 6.14. The lowest BCUT2D eigenvalue weighted by molar-refractivity contribution is 0.485. The standard InChI is InChI=1S/C13H16ClFN4/c1-19-8-9(7-17-19)5-6-12(18-16)10-3-2-4-11(14)13(10)15/h2-4,7-8,12,18H,5-6,16H2,1H3. The maximum absolute atomic E-state index is 13.9. The van der Waals surface area contributed by atoms with Crippen molar-refractivity contribution in [2.45, 2.75) is 18.9 Å². The summed E-state index contributed by atoms with van der Waals surface area (Å²) >= 11 is 5.78. The van der Waals surface area contributed by atoms with Crippen molar-refractivity contribution in [3.8, 4) is 0 Å². The number of nitrogens with one attached hydrogen (secondary N) is 1. The molecule has 1 aromatic carbocycles. The van der Waals surface area contributed by atoms with Gasteiger partial charge in [-0.05, 0) is 24.5 Å². The minimum atomic E-state index is -0.418. The van der Waals surface area contributed by atoms with Crippen molar-refractivity contribution in [2.24, 2.45) is 12.9 Å². The molecule has 19 heavy (non-hydrogen) atoms. The molecule has 0 fully saturated rings. The number of aryl methyl sites for hydroxylation is 2. The van der Waals surface area contributed by atoms with Gasteiger partial charge in [-0.25, -0.2) is 4.39 Å². The lowest BCUT2D eigenvalue weighted by Crippen LogP contribution is -2.29. The Hall–Kier alpha value is -1.43. The van der Waals surface area contributed by atoms with E-state index < -0.39 is 5.82 Å². The maximum Gasteiger partial charge on any atom is 0.146 e. The molecule has 6 heteroatoms. The Balaban J connectivity index is 2.09. The van der Waals surface area contributed by atoms with Crippen LogP contribution in [-0.2, 0) is 13.5 Å². The molecule has 102 valence electrons. The first-order valence-corrected chi connectivity index (χ1v) is 6.37. The summed E-state index contributed by atoms with van der Waals surface area (Å²) in [4.78, 5) is 0. The van der Waals surface area contributed by atoms with Gasteiger partial charge in [-0.3, -0.25) is 16.0 Å². The average molecular weight is 283 g/mol. The van der Waals surface area contributed by atoms with Gasteiger partial charge in [-0.1, -0.05) is 23.7 Å². The molecule has 2 aromatic rings. The maximum atomic E-state index is 13.9. The van der Waals surface area contributed by atoms with Crippen LogP contribution < -0.4 is 11.3 Å². The van der Waals surface area contributed by atoms with E-state index in [4.69, 9.17) is 17.4 Å². The van der Waals surface area contributed by atoms with Crippen molar-refractivity contribution in [3.63, 3.8) is 0 Å². The van der Waals surface area contributed by atoms with Gasteiger partial charge in [0.25, 0.3) is 0 Å². The fourth-order valence-corrected chi connectivity index (χ4v) is 2.21. The zero-order chi connectivity index (χ0) is 13.8. The van der Waals surface area contributed by atoms with Gasteiger partial charge in [0.15, 0.2) is 0 Å². The second-order valence-corrected chi connectivity index (χ2v) is 4.83. The summed E-state index contributed by atoms with van der Waals surface area (Å²) in [7, 11) is 1.86. The highest BCUT2D eigenvalue weighted by atomic mass is 35.5. The van der Waals surface area contributed by atoms with Gasteiger partial charge in [0, 0.05) is 24.8 Å². The number of hydrogen-bond acceptors (Lipinski definition) is 3. The van der Waals surface area contributed by atoms with E-state index in [9.17, 15) is 4.39 Å². The van der Waals surface area contributed by atoms with Crippen LogP contribution in [0.15, 0.2) is 30.6 Å². The van der Waals surface area contributed by atoms with Gasteiger partial charge in [-0.2, -0.15) is 5.10 Å². The molecule has 2 rings (SSSR count). The van der Waals surface area contributed by atoms with Crippen LogP contribution in [0, 0.1) is 5.82 Å². The van der Waals surface area contributed by atoms with Gasteiger partial charge >= 0.3 is 0 Å². The van der Waals surface area contributed by atoms with E-state index in [1.54, 1.807) is 23.0 Å².